The molecule has 0 N–H and O–H groups in total. The van der Waals surface area contributed by atoms with Gasteiger partial charge in [-0.15, -0.1) is 5.10 Å². The lowest BCUT2D eigenvalue weighted by Gasteiger charge is -2.06. The minimum atomic E-state index is -0.756. The van der Waals surface area contributed by atoms with Crippen molar-refractivity contribution in [1.29, 1.82) is 0 Å². The second kappa shape index (κ2) is 9.06. The molecule has 1 aromatic heterocycles. The van der Waals surface area contributed by atoms with Crippen LogP contribution in [0.25, 0.3) is 17.1 Å². The zero-order valence-electron chi connectivity index (χ0n) is 16.7. The number of ether oxygens (including phenoxy) is 1. The predicted molar refractivity (Wildman–Crippen MR) is 120 cm³/mol. The molecular weight excluding hydrogens is 458 g/mol. The van der Waals surface area contributed by atoms with Gasteiger partial charge in [-0.25, -0.2) is 14.5 Å². The average Bonchev–Trinajstić information content (AvgIpc) is 3.24. The van der Waals surface area contributed by atoms with E-state index in [0.717, 1.165) is 21.3 Å². The molecule has 4 rings (SSSR count). The van der Waals surface area contributed by atoms with Crippen molar-refractivity contribution in [3.63, 3.8) is 0 Å². The van der Waals surface area contributed by atoms with E-state index in [1.54, 1.807) is 28.9 Å². The minimum Gasteiger partial charge on any atom is -0.451 e. The van der Waals surface area contributed by atoms with Gasteiger partial charge in [0.05, 0.1) is 5.69 Å². The van der Waals surface area contributed by atoms with Crippen LogP contribution in [0.2, 0.25) is 0 Å². The lowest BCUT2D eigenvalue weighted by molar-refractivity contribution is 0.0462. The number of esters is 1. The summed E-state index contributed by atoms with van der Waals surface area (Å²) < 4.78 is 7.67. The molecule has 0 aliphatic carbocycles. The fourth-order valence-corrected chi connectivity index (χ4v) is 3.29. The molecule has 0 spiro atoms. The van der Waals surface area contributed by atoms with Gasteiger partial charge in [0, 0.05) is 15.6 Å². The lowest BCUT2D eigenvalue weighted by Crippen LogP contribution is -2.15. The highest BCUT2D eigenvalue weighted by atomic mass is 79.9. The summed E-state index contributed by atoms with van der Waals surface area (Å²) in [5, 5.41) is 4.37. The van der Waals surface area contributed by atoms with Gasteiger partial charge < -0.3 is 4.74 Å². The Hall–Kier alpha value is -3.58. The SMILES string of the molecule is Cc1cccc(-n2nc(C(=O)OCC(=O)c3ccc(Br)cc3)nc2-c2ccccc2)c1. The summed E-state index contributed by atoms with van der Waals surface area (Å²) in [6.07, 6.45) is 0. The Morgan fingerprint density at radius 1 is 0.968 bits per heavy atom. The Morgan fingerprint density at radius 2 is 1.71 bits per heavy atom. The molecule has 7 heteroatoms. The standard InChI is InChI=1S/C24H18BrN3O3/c1-16-6-5-9-20(14-16)28-23(18-7-3-2-4-8-18)26-22(27-28)24(30)31-15-21(29)17-10-12-19(25)13-11-17/h2-14H,15H2,1H3. The van der Waals surface area contributed by atoms with Crippen molar-refractivity contribution < 1.29 is 14.3 Å². The molecule has 4 aromatic rings. The molecule has 0 aliphatic rings. The number of halogens is 1. The summed E-state index contributed by atoms with van der Waals surface area (Å²) in [4.78, 5) is 29.3. The van der Waals surface area contributed by atoms with Crippen molar-refractivity contribution in [3.05, 3.63) is 100 Å². The van der Waals surface area contributed by atoms with Gasteiger partial charge in [0.25, 0.3) is 5.82 Å². The molecule has 31 heavy (non-hydrogen) atoms. The molecule has 6 nitrogen and oxygen atoms in total. The van der Waals surface area contributed by atoms with Crippen molar-refractivity contribution in [1.82, 2.24) is 14.8 Å². The van der Waals surface area contributed by atoms with E-state index < -0.39 is 5.97 Å². The van der Waals surface area contributed by atoms with Crippen LogP contribution in [-0.2, 0) is 4.74 Å². The summed E-state index contributed by atoms with van der Waals surface area (Å²) >= 11 is 3.32. The van der Waals surface area contributed by atoms with Gasteiger partial charge in [-0.05, 0) is 36.8 Å². The van der Waals surface area contributed by atoms with Crippen LogP contribution in [0.15, 0.2) is 83.3 Å². The van der Waals surface area contributed by atoms with E-state index in [4.69, 9.17) is 4.74 Å². The molecule has 0 unspecified atom stereocenters. The Labute approximate surface area is 187 Å². The Bertz CT molecular complexity index is 1230. The molecule has 0 saturated carbocycles. The molecule has 0 fully saturated rings. The largest absolute Gasteiger partial charge is 0.451 e. The quantitative estimate of drug-likeness (QED) is 0.288. The summed E-state index contributed by atoms with van der Waals surface area (Å²) in [6.45, 7) is 1.59. The van der Waals surface area contributed by atoms with Crippen LogP contribution in [0.1, 0.15) is 26.5 Å². The van der Waals surface area contributed by atoms with Gasteiger partial charge in [0.1, 0.15) is 0 Å². The molecule has 0 radical (unpaired) electrons. The Kier molecular flexibility index (Phi) is 6.04. The van der Waals surface area contributed by atoms with E-state index >= 15 is 0 Å². The highest BCUT2D eigenvalue weighted by Gasteiger charge is 2.21. The van der Waals surface area contributed by atoms with Gasteiger partial charge in [-0.1, -0.05) is 70.5 Å². The number of hydrogen-bond acceptors (Lipinski definition) is 5. The molecular formula is C24H18BrN3O3. The molecule has 3 aromatic carbocycles. The zero-order valence-corrected chi connectivity index (χ0v) is 18.2. The number of aryl methyl sites for hydroxylation is 1. The number of carbonyl (C=O) groups excluding carboxylic acids is 2. The summed E-state index contributed by atoms with van der Waals surface area (Å²) in [6, 6.07) is 24.0. The predicted octanol–water partition coefficient (Wildman–Crippen LogP) is 5.04. The molecule has 0 saturated heterocycles. The summed E-state index contributed by atoms with van der Waals surface area (Å²) in [5.41, 5.74) is 3.09. The van der Waals surface area contributed by atoms with Crippen molar-refractivity contribution in [3.8, 4) is 17.1 Å². The first kappa shape index (κ1) is 20.7. The van der Waals surface area contributed by atoms with Crippen LogP contribution in [0, 0.1) is 6.92 Å². The minimum absolute atomic E-state index is 0.107. The third-order valence-electron chi connectivity index (χ3n) is 4.57. The van der Waals surface area contributed by atoms with Gasteiger partial charge in [0.2, 0.25) is 0 Å². The lowest BCUT2D eigenvalue weighted by atomic mass is 10.1. The number of ketones is 1. The topological polar surface area (TPSA) is 74.1 Å². The highest BCUT2D eigenvalue weighted by molar-refractivity contribution is 9.10. The summed E-state index contributed by atoms with van der Waals surface area (Å²) in [7, 11) is 0. The van der Waals surface area contributed by atoms with Gasteiger partial charge in [0.15, 0.2) is 18.2 Å². The van der Waals surface area contributed by atoms with Crippen LogP contribution in [0.3, 0.4) is 0 Å². The second-order valence-electron chi connectivity index (χ2n) is 6.88. The van der Waals surface area contributed by atoms with Crippen LogP contribution in [0.4, 0.5) is 0 Å². The third-order valence-corrected chi connectivity index (χ3v) is 5.10. The first-order chi connectivity index (χ1) is 15.0. The smallest absolute Gasteiger partial charge is 0.378 e. The average molecular weight is 476 g/mol. The summed E-state index contributed by atoms with van der Waals surface area (Å²) in [5.74, 6) is -0.655. The molecule has 154 valence electrons. The van der Waals surface area contributed by atoms with Crippen LogP contribution in [-0.4, -0.2) is 33.1 Å². The van der Waals surface area contributed by atoms with Gasteiger partial charge >= 0.3 is 5.97 Å². The van der Waals surface area contributed by atoms with Crippen LogP contribution >= 0.6 is 15.9 Å². The first-order valence-electron chi connectivity index (χ1n) is 9.57. The van der Waals surface area contributed by atoms with E-state index in [1.165, 1.54) is 0 Å². The molecule has 0 bridgehead atoms. The van der Waals surface area contributed by atoms with Gasteiger partial charge in [-0.3, -0.25) is 4.79 Å². The number of carbonyl (C=O) groups is 2. The number of aromatic nitrogens is 3. The van der Waals surface area contributed by atoms with E-state index in [0.29, 0.717) is 11.4 Å². The third kappa shape index (κ3) is 4.78. The Balaban J connectivity index is 1.60. The molecule has 0 aliphatic heterocycles. The zero-order chi connectivity index (χ0) is 21.8. The molecule has 0 amide bonds. The van der Waals surface area contributed by atoms with E-state index in [2.05, 4.69) is 26.0 Å². The number of benzene rings is 3. The highest BCUT2D eigenvalue weighted by Crippen LogP contribution is 2.22. The first-order valence-corrected chi connectivity index (χ1v) is 10.4. The van der Waals surface area contributed by atoms with Crippen LogP contribution < -0.4 is 0 Å². The van der Waals surface area contributed by atoms with Crippen molar-refractivity contribution in [2.75, 3.05) is 6.61 Å². The van der Waals surface area contributed by atoms with Crippen LogP contribution in [0.5, 0.6) is 0 Å². The van der Waals surface area contributed by atoms with E-state index in [9.17, 15) is 9.59 Å². The monoisotopic (exact) mass is 475 g/mol. The molecule has 0 atom stereocenters. The van der Waals surface area contributed by atoms with Gasteiger partial charge in [-0.2, -0.15) is 0 Å². The van der Waals surface area contributed by atoms with E-state index in [1.807, 2.05) is 61.5 Å². The maximum atomic E-state index is 12.6. The second-order valence-corrected chi connectivity index (χ2v) is 7.80. The van der Waals surface area contributed by atoms with Crippen molar-refractivity contribution in [2.24, 2.45) is 0 Å². The fraction of sp³-hybridized carbons (Fsp3) is 0.0833. The molecule has 1 heterocycles. The normalized spacial score (nSPS) is 10.6. The fourth-order valence-electron chi connectivity index (χ4n) is 3.03. The van der Waals surface area contributed by atoms with E-state index in [-0.39, 0.29) is 18.2 Å². The maximum absolute atomic E-state index is 12.6. The van der Waals surface area contributed by atoms with Crippen molar-refractivity contribution >= 4 is 27.7 Å². The number of nitrogens with zero attached hydrogens (tertiary/aromatic N) is 3. The number of Topliss-reactive ketones (excluding diaryl/α,β-unsaturated/α-hetero) is 1. The van der Waals surface area contributed by atoms with Crippen molar-refractivity contribution in [2.45, 2.75) is 6.92 Å². The number of hydrogen-bond donors (Lipinski definition) is 0. The maximum Gasteiger partial charge on any atom is 0.378 e. The Morgan fingerprint density at radius 3 is 2.42 bits per heavy atom. The number of rotatable bonds is 6.